The third kappa shape index (κ3) is 2.38. The maximum absolute atomic E-state index is 12.6. The minimum absolute atomic E-state index is 0.209. The van der Waals surface area contributed by atoms with Crippen molar-refractivity contribution in [1.82, 2.24) is 5.32 Å². The van der Waals surface area contributed by atoms with Gasteiger partial charge in [-0.25, -0.2) is 0 Å². The number of rotatable bonds is 4. The Bertz CT molecular complexity index is 455. The van der Waals surface area contributed by atoms with Gasteiger partial charge in [0.15, 0.2) is 0 Å². The third-order valence-corrected chi connectivity index (χ3v) is 5.08. The Kier molecular flexibility index (Phi) is 3.53. The van der Waals surface area contributed by atoms with Gasteiger partial charge in [-0.05, 0) is 37.2 Å². The van der Waals surface area contributed by atoms with Crippen LogP contribution in [0.25, 0.3) is 0 Å². The number of benzene rings is 1. The molecule has 2 aliphatic rings. The fourth-order valence-electron chi connectivity index (χ4n) is 3.25. The number of halogens is 1. The lowest BCUT2D eigenvalue weighted by Crippen LogP contribution is -2.43. The molecular weight excluding hydrogens is 258 g/mol. The number of carbonyl (C=O) groups excluding carboxylic acids is 1. The maximum atomic E-state index is 12.6. The monoisotopic (exact) mass is 277 g/mol. The zero-order valence-electron chi connectivity index (χ0n) is 11.1. The fraction of sp³-hybridized carbons (Fsp3) is 0.562. The Labute approximate surface area is 119 Å². The molecule has 0 aromatic heterocycles. The largest absolute Gasteiger partial charge is 0.352 e. The second-order valence-electron chi connectivity index (χ2n) is 5.87. The number of carbonyl (C=O) groups is 1. The highest BCUT2D eigenvalue weighted by Gasteiger charge is 2.51. The first-order valence-electron chi connectivity index (χ1n) is 7.19. The molecule has 2 nitrogen and oxygen atoms in total. The minimum atomic E-state index is -0.249. The van der Waals surface area contributed by atoms with Crippen molar-refractivity contribution >= 4 is 17.5 Å². The van der Waals surface area contributed by atoms with Gasteiger partial charge in [0, 0.05) is 11.9 Å². The standard InChI is InChI=1S/C16H20ClNO/c17-11-12-5-4-8-14(12)18-15(19)16(9-10-16)13-6-2-1-3-7-13/h1-3,6-7,12,14H,4-5,8-11H2,(H,18,19). The van der Waals surface area contributed by atoms with Gasteiger partial charge in [0.1, 0.15) is 0 Å². The van der Waals surface area contributed by atoms with Crippen molar-refractivity contribution in [3.63, 3.8) is 0 Å². The number of hydrogen-bond acceptors (Lipinski definition) is 1. The average molecular weight is 278 g/mol. The van der Waals surface area contributed by atoms with E-state index in [1.165, 1.54) is 6.42 Å². The van der Waals surface area contributed by atoms with Crippen molar-refractivity contribution in [2.45, 2.75) is 43.6 Å². The summed E-state index contributed by atoms with van der Waals surface area (Å²) in [5, 5.41) is 3.26. The van der Waals surface area contributed by atoms with Crippen LogP contribution in [-0.2, 0) is 10.2 Å². The van der Waals surface area contributed by atoms with E-state index >= 15 is 0 Å². The van der Waals surface area contributed by atoms with E-state index in [4.69, 9.17) is 11.6 Å². The molecule has 3 rings (SSSR count). The molecule has 0 radical (unpaired) electrons. The molecule has 2 unspecified atom stereocenters. The molecule has 2 aliphatic carbocycles. The van der Waals surface area contributed by atoms with Crippen molar-refractivity contribution in [2.24, 2.45) is 5.92 Å². The Morgan fingerprint density at radius 1 is 1.26 bits per heavy atom. The smallest absolute Gasteiger partial charge is 0.230 e. The molecule has 1 aromatic rings. The summed E-state index contributed by atoms with van der Waals surface area (Å²) in [7, 11) is 0. The molecule has 1 aromatic carbocycles. The van der Waals surface area contributed by atoms with Crippen LogP contribution in [0, 0.1) is 5.92 Å². The molecule has 0 bridgehead atoms. The summed E-state index contributed by atoms with van der Waals surface area (Å²) >= 11 is 5.98. The van der Waals surface area contributed by atoms with Gasteiger partial charge in [-0.15, -0.1) is 11.6 Å². The van der Waals surface area contributed by atoms with Crippen molar-refractivity contribution in [3.8, 4) is 0 Å². The fourth-order valence-corrected chi connectivity index (χ4v) is 3.62. The maximum Gasteiger partial charge on any atom is 0.230 e. The molecule has 1 amide bonds. The van der Waals surface area contributed by atoms with Crippen LogP contribution in [0.5, 0.6) is 0 Å². The number of nitrogens with one attached hydrogen (secondary N) is 1. The van der Waals surface area contributed by atoms with Crippen molar-refractivity contribution in [2.75, 3.05) is 5.88 Å². The minimum Gasteiger partial charge on any atom is -0.352 e. The Balaban J connectivity index is 1.71. The third-order valence-electron chi connectivity index (χ3n) is 4.68. The number of alkyl halides is 1. The number of hydrogen-bond donors (Lipinski definition) is 1. The summed E-state index contributed by atoms with van der Waals surface area (Å²) < 4.78 is 0. The van der Waals surface area contributed by atoms with Crippen LogP contribution in [0.2, 0.25) is 0 Å². The zero-order valence-corrected chi connectivity index (χ0v) is 11.8. The van der Waals surface area contributed by atoms with E-state index < -0.39 is 0 Å². The summed E-state index contributed by atoms with van der Waals surface area (Å²) in [5.41, 5.74) is 0.911. The van der Waals surface area contributed by atoms with Gasteiger partial charge in [-0.3, -0.25) is 4.79 Å². The van der Waals surface area contributed by atoms with Crippen LogP contribution in [0.1, 0.15) is 37.7 Å². The average Bonchev–Trinajstić information content (AvgIpc) is 3.15. The SMILES string of the molecule is O=C(NC1CCCC1CCl)C1(c2ccccc2)CC1. The zero-order chi connectivity index (χ0) is 13.3. The molecule has 2 saturated carbocycles. The second kappa shape index (κ2) is 5.16. The first-order chi connectivity index (χ1) is 9.26. The van der Waals surface area contributed by atoms with Crippen molar-refractivity contribution < 1.29 is 4.79 Å². The first kappa shape index (κ1) is 13.0. The summed E-state index contributed by atoms with van der Waals surface area (Å²) in [6.45, 7) is 0. The van der Waals surface area contributed by atoms with Gasteiger partial charge in [-0.2, -0.15) is 0 Å². The van der Waals surface area contributed by atoms with E-state index in [0.717, 1.165) is 31.2 Å². The highest BCUT2D eigenvalue weighted by molar-refractivity contribution is 6.18. The predicted octanol–water partition coefficient (Wildman–Crippen LogP) is 3.24. The van der Waals surface area contributed by atoms with Crippen molar-refractivity contribution in [1.29, 1.82) is 0 Å². The molecule has 1 N–H and O–H groups in total. The van der Waals surface area contributed by atoms with E-state index in [1.807, 2.05) is 18.2 Å². The van der Waals surface area contributed by atoms with E-state index in [0.29, 0.717) is 11.8 Å². The van der Waals surface area contributed by atoms with E-state index in [2.05, 4.69) is 17.4 Å². The summed E-state index contributed by atoms with van der Waals surface area (Å²) in [4.78, 5) is 12.6. The Morgan fingerprint density at radius 2 is 2.00 bits per heavy atom. The highest BCUT2D eigenvalue weighted by atomic mass is 35.5. The summed E-state index contributed by atoms with van der Waals surface area (Å²) in [5.74, 6) is 1.32. The van der Waals surface area contributed by atoms with Crippen LogP contribution in [0.4, 0.5) is 0 Å². The predicted molar refractivity (Wildman–Crippen MR) is 77.3 cm³/mol. The lowest BCUT2D eigenvalue weighted by atomic mass is 9.94. The highest BCUT2D eigenvalue weighted by Crippen LogP contribution is 2.48. The topological polar surface area (TPSA) is 29.1 Å². The molecule has 0 saturated heterocycles. The molecule has 0 heterocycles. The summed E-state index contributed by atoms with van der Waals surface area (Å²) in [6, 6.07) is 10.4. The van der Waals surface area contributed by atoms with Gasteiger partial charge in [-0.1, -0.05) is 36.8 Å². The van der Waals surface area contributed by atoms with Crippen LogP contribution in [0.15, 0.2) is 30.3 Å². The van der Waals surface area contributed by atoms with Crippen LogP contribution >= 0.6 is 11.6 Å². The van der Waals surface area contributed by atoms with E-state index in [9.17, 15) is 4.79 Å². The van der Waals surface area contributed by atoms with Crippen LogP contribution < -0.4 is 5.32 Å². The van der Waals surface area contributed by atoms with Gasteiger partial charge >= 0.3 is 0 Å². The normalized spacial score (nSPS) is 28.1. The van der Waals surface area contributed by atoms with E-state index in [-0.39, 0.29) is 17.4 Å². The Morgan fingerprint density at radius 3 is 2.63 bits per heavy atom. The van der Waals surface area contributed by atoms with Crippen LogP contribution in [-0.4, -0.2) is 17.8 Å². The van der Waals surface area contributed by atoms with Gasteiger partial charge in [0.2, 0.25) is 5.91 Å². The molecule has 3 heteroatoms. The molecule has 102 valence electrons. The molecular formula is C16H20ClNO. The molecule has 0 aliphatic heterocycles. The van der Waals surface area contributed by atoms with Gasteiger partial charge in [0.25, 0.3) is 0 Å². The van der Waals surface area contributed by atoms with Crippen LogP contribution in [0.3, 0.4) is 0 Å². The Hall–Kier alpha value is -1.02. The van der Waals surface area contributed by atoms with Crippen molar-refractivity contribution in [3.05, 3.63) is 35.9 Å². The lowest BCUT2D eigenvalue weighted by molar-refractivity contribution is -0.124. The molecule has 2 atom stereocenters. The molecule has 2 fully saturated rings. The lowest BCUT2D eigenvalue weighted by Gasteiger charge is -2.23. The van der Waals surface area contributed by atoms with E-state index in [1.54, 1.807) is 0 Å². The first-order valence-corrected chi connectivity index (χ1v) is 7.72. The second-order valence-corrected chi connectivity index (χ2v) is 6.18. The quantitative estimate of drug-likeness (QED) is 0.841. The van der Waals surface area contributed by atoms with Gasteiger partial charge in [0.05, 0.1) is 5.41 Å². The number of amides is 1. The molecule has 0 spiro atoms. The van der Waals surface area contributed by atoms with Gasteiger partial charge < -0.3 is 5.32 Å². The summed E-state index contributed by atoms with van der Waals surface area (Å²) in [6.07, 6.45) is 5.35. The molecule has 19 heavy (non-hydrogen) atoms.